The van der Waals surface area contributed by atoms with Crippen molar-refractivity contribution in [3.05, 3.63) is 35.5 Å². The number of halogens is 1. The topological polar surface area (TPSA) is 68.4 Å². The summed E-state index contributed by atoms with van der Waals surface area (Å²) >= 11 is 1.63. The lowest BCUT2D eigenvalue weighted by Crippen LogP contribution is -2.47. The van der Waals surface area contributed by atoms with E-state index in [0.717, 1.165) is 11.3 Å². The molecule has 2 aromatic rings. The number of benzene rings is 1. The predicted octanol–water partition coefficient (Wildman–Crippen LogP) is 2.43. The van der Waals surface area contributed by atoms with Gasteiger partial charge in [-0.3, -0.25) is 0 Å². The first kappa shape index (κ1) is 15.5. The highest BCUT2D eigenvalue weighted by Crippen LogP contribution is 2.32. The van der Waals surface area contributed by atoms with Crippen molar-refractivity contribution in [3.8, 4) is 11.4 Å². The number of rotatable bonds is 6. The molecule has 22 heavy (non-hydrogen) atoms. The third-order valence-electron chi connectivity index (χ3n) is 3.67. The number of aryl methyl sites for hydroxylation is 1. The first-order chi connectivity index (χ1) is 10.6. The molecule has 5 nitrogen and oxygen atoms in total. The van der Waals surface area contributed by atoms with Gasteiger partial charge in [0, 0.05) is 16.7 Å². The Labute approximate surface area is 131 Å². The van der Waals surface area contributed by atoms with Crippen LogP contribution >= 0.6 is 11.8 Å². The minimum atomic E-state index is -0.250. The van der Waals surface area contributed by atoms with Crippen LogP contribution in [0.25, 0.3) is 11.4 Å². The number of aromatic nitrogens is 2. The normalized spacial score (nSPS) is 16.5. The lowest BCUT2D eigenvalue weighted by molar-refractivity contribution is -0.121. The number of aliphatic hydroxyl groups excluding tert-OH is 1. The van der Waals surface area contributed by atoms with Crippen LogP contribution in [0, 0.1) is 18.2 Å². The Bertz CT molecular complexity index is 652. The van der Waals surface area contributed by atoms with Gasteiger partial charge in [0.25, 0.3) is 0 Å². The highest BCUT2D eigenvalue weighted by Gasteiger charge is 2.37. The minimum Gasteiger partial charge on any atom is -0.396 e. The zero-order valence-electron chi connectivity index (χ0n) is 12.2. The van der Waals surface area contributed by atoms with Crippen molar-refractivity contribution in [1.29, 1.82) is 0 Å². The van der Waals surface area contributed by atoms with Gasteiger partial charge in [0.05, 0.1) is 25.6 Å². The van der Waals surface area contributed by atoms with Crippen LogP contribution in [0.4, 0.5) is 4.39 Å². The van der Waals surface area contributed by atoms with E-state index in [1.807, 2.05) is 0 Å². The largest absolute Gasteiger partial charge is 0.396 e. The number of hydrogen-bond acceptors (Lipinski definition) is 6. The Hall–Kier alpha value is -1.44. The molecule has 0 bridgehead atoms. The molecule has 1 aliphatic heterocycles. The SMILES string of the molecule is Cc1cc(-c2noc(CSCC3(CO)COC3)n2)ccc1F. The molecule has 0 amide bonds. The van der Waals surface area contributed by atoms with Gasteiger partial charge >= 0.3 is 0 Å². The molecule has 0 spiro atoms. The Morgan fingerprint density at radius 2 is 2.23 bits per heavy atom. The summed E-state index contributed by atoms with van der Waals surface area (Å²) in [4.78, 5) is 4.33. The van der Waals surface area contributed by atoms with Crippen LogP contribution in [-0.4, -0.2) is 40.8 Å². The first-order valence-electron chi connectivity index (χ1n) is 6.97. The van der Waals surface area contributed by atoms with Crippen molar-refractivity contribution in [1.82, 2.24) is 10.1 Å². The molecule has 0 atom stereocenters. The van der Waals surface area contributed by atoms with Gasteiger partial charge < -0.3 is 14.4 Å². The average molecular weight is 324 g/mol. The summed E-state index contributed by atoms with van der Waals surface area (Å²) in [5.74, 6) is 2.10. The summed E-state index contributed by atoms with van der Waals surface area (Å²) in [6.07, 6.45) is 0. The molecular weight excluding hydrogens is 307 g/mol. The number of nitrogens with zero attached hydrogens (tertiary/aromatic N) is 2. The second-order valence-corrected chi connectivity index (χ2v) is 6.60. The van der Waals surface area contributed by atoms with Crippen LogP contribution in [0.1, 0.15) is 11.5 Å². The number of hydrogen-bond donors (Lipinski definition) is 1. The van der Waals surface area contributed by atoms with E-state index in [-0.39, 0.29) is 17.8 Å². The van der Waals surface area contributed by atoms with Gasteiger partial charge in [0.2, 0.25) is 11.7 Å². The van der Waals surface area contributed by atoms with Crippen LogP contribution in [-0.2, 0) is 10.5 Å². The van der Waals surface area contributed by atoms with Crippen molar-refractivity contribution in [3.63, 3.8) is 0 Å². The van der Waals surface area contributed by atoms with Crippen molar-refractivity contribution in [2.45, 2.75) is 12.7 Å². The quantitative estimate of drug-likeness (QED) is 0.880. The maximum atomic E-state index is 13.3. The molecule has 7 heteroatoms. The van der Waals surface area contributed by atoms with Crippen LogP contribution in [0.15, 0.2) is 22.7 Å². The van der Waals surface area contributed by atoms with E-state index in [4.69, 9.17) is 9.26 Å². The van der Waals surface area contributed by atoms with E-state index in [1.54, 1.807) is 30.8 Å². The molecule has 118 valence electrons. The zero-order chi connectivity index (χ0) is 15.6. The Morgan fingerprint density at radius 1 is 1.41 bits per heavy atom. The van der Waals surface area contributed by atoms with Gasteiger partial charge in [0.15, 0.2) is 0 Å². The smallest absolute Gasteiger partial charge is 0.236 e. The van der Waals surface area contributed by atoms with E-state index >= 15 is 0 Å². The van der Waals surface area contributed by atoms with Gasteiger partial charge in [0.1, 0.15) is 5.82 Å². The van der Waals surface area contributed by atoms with Gasteiger partial charge in [-0.1, -0.05) is 5.16 Å². The summed E-state index contributed by atoms with van der Waals surface area (Å²) in [5.41, 5.74) is 1.16. The Balaban J connectivity index is 1.60. The summed E-state index contributed by atoms with van der Waals surface area (Å²) in [6.45, 7) is 3.02. The molecule has 0 saturated carbocycles. The molecule has 0 aliphatic carbocycles. The van der Waals surface area contributed by atoms with E-state index in [9.17, 15) is 9.50 Å². The second-order valence-electron chi connectivity index (χ2n) is 5.62. The maximum absolute atomic E-state index is 13.3. The molecule has 1 aliphatic rings. The lowest BCUT2D eigenvalue weighted by atomic mass is 9.90. The van der Waals surface area contributed by atoms with Gasteiger partial charge in [-0.25, -0.2) is 4.39 Å². The van der Waals surface area contributed by atoms with E-state index in [0.29, 0.717) is 36.2 Å². The molecule has 3 rings (SSSR count). The van der Waals surface area contributed by atoms with Crippen molar-refractivity contribution < 1.29 is 18.8 Å². The third kappa shape index (κ3) is 3.16. The molecule has 1 aromatic carbocycles. The van der Waals surface area contributed by atoms with Gasteiger partial charge in [-0.05, 0) is 30.7 Å². The molecule has 1 N–H and O–H groups in total. The summed E-state index contributed by atoms with van der Waals surface area (Å²) in [5, 5.41) is 13.3. The number of aliphatic hydroxyl groups is 1. The van der Waals surface area contributed by atoms with E-state index in [1.165, 1.54) is 6.07 Å². The minimum absolute atomic E-state index is 0.123. The van der Waals surface area contributed by atoms with Crippen LogP contribution in [0.5, 0.6) is 0 Å². The monoisotopic (exact) mass is 324 g/mol. The van der Waals surface area contributed by atoms with Crippen LogP contribution < -0.4 is 0 Å². The molecular formula is C15H17FN2O3S. The zero-order valence-corrected chi connectivity index (χ0v) is 13.0. The van der Waals surface area contributed by atoms with Crippen LogP contribution in [0.2, 0.25) is 0 Å². The van der Waals surface area contributed by atoms with Crippen molar-refractivity contribution in [2.24, 2.45) is 5.41 Å². The standard InChI is InChI=1S/C15H17FN2O3S/c1-10-4-11(2-3-12(10)16)14-17-13(21-18-14)5-22-9-15(6-19)7-20-8-15/h2-4,19H,5-9H2,1H3. The van der Waals surface area contributed by atoms with E-state index < -0.39 is 0 Å². The summed E-state index contributed by atoms with van der Waals surface area (Å²) < 4.78 is 23.7. The van der Waals surface area contributed by atoms with E-state index in [2.05, 4.69) is 10.1 Å². The molecule has 1 saturated heterocycles. The Morgan fingerprint density at radius 3 is 2.86 bits per heavy atom. The van der Waals surface area contributed by atoms with Gasteiger partial charge in [-0.15, -0.1) is 0 Å². The molecule has 1 fully saturated rings. The van der Waals surface area contributed by atoms with Crippen LogP contribution in [0.3, 0.4) is 0 Å². The summed E-state index contributed by atoms with van der Waals surface area (Å²) in [7, 11) is 0. The van der Waals surface area contributed by atoms with Crippen molar-refractivity contribution >= 4 is 11.8 Å². The Kier molecular flexibility index (Phi) is 4.46. The van der Waals surface area contributed by atoms with Gasteiger partial charge in [-0.2, -0.15) is 16.7 Å². The fourth-order valence-electron chi connectivity index (χ4n) is 2.18. The molecule has 0 unspecified atom stereocenters. The summed E-state index contributed by atoms with van der Waals surface area (Å²) in [6, 6.07) is 4.73. The number of thioether (sulfide) groups is 1. The second kappa shape index (κ2) is 6.36. The molecule has 1 aromatic heterocycles. The highest BCUT2D eigenvalue weighted by atomic mass is 32.2. The lowest BCUT2D eigenvalue weighted by Gasteiger charge is -2.39. The number of ether oxygens (including phenoxy) is 1. The first-order valence-corrected chi connectivity index (χ1v) is 8.13. The fraction of sp³-hybridized carbons (Fsp3) is 0.467. The average Bonchev–Trinajstić information content (AvgIpc) is 2.94. The molecule has 0 radical (unpaired) electrons. The fourth-order valence-corrected chi connectivity index (χ4v) is 3.27. The highest BCUT2D eigenvalue weighted by molar-refractivity contribution is 7.98. The predicted molar refractivity (Wildman–Crippen MR) is 80.9 cm³/mol. The molecule has 2 heterocycles. The maximum Gasteiger partial charge on any atom is 0.236 e. The van der Waals surface area contributed by atoms with Crippen molar-refractivity contribution in [2.75, 3.05) is 25.6 Å². The third-order valence-corrected chi connectivity index (χ3v) is 4.94.